The number of carbonyl (C=O) groups is 2. The van der Waals surface area contributed by atoms with Gasteiger partial charge in [-0.15, -0.1) is 6.42 Å². The summed E-state index contributed by atoms with van der Waals surface area (Å²) in [7, 11) is 0. The third-order valence-electron chi connectivity index (χ3n) is 5.10. The van der Waals surface area contributed by atoms with Crippen LogP contribution in [0.5, 0.6) is 5.75 Å². The maximum absolute atomic E-state index is 13.0. The number of benzene rings is 2. The van der Waals surface area contributed by atoms with Crippen molar-refractivity contribution in [2.75, 3.05) is 13.2 Å². The van der Waals surface area contributed by atoms with E-state index < -0.39 is 18.5 Å². The number of amides is 1. The number of rotatable bonds is 5. The average Bonchev–Trinajstić information content (AvgIpc) is 3.17. The van der Waals surface area contributed by atoms with Gasteiger partial charge in [-0.25, -0.2) is 9.78 Å². The van der Waals surface area contributed by atoms with E-state index in [9.17, 15) is 14.7 Å². The van der Waals surface area contributed by atoms with E-state index in [2.05, 4.69) is 11.2 Å². The van der Waals surface area contributed by atoms with Crippen molar-refractivity contribution in [1.29, 1.82) is 0 Å². The summed E-state index contributed by atoms with van der Waals surface area (Å²) >= 11 is 0. The molecule has 1 aromatic heterocycles. The molecule has 0 aliphatic heterocycles. The van der Waals surface area contributed by atoms with Crippen molar-refractivity contribution in [1.82, 2.24) is 10.3 Å². The van der Waals surface area contributed by atoms with Gasteiger partial charge >= 0.3 is 5.97 Å². The molecule has 0 fully saturated rings. The summed E-state index contributed by atoms with van der Waals surface area (Å²) < 4.78 is 5.29. The Labute approximate surface area is 179 Å². The number of ether oxygens (including phenoxy) is 1. The van der Waals surface area contributed by atoms with E-state index in [0.29, 0.717) is 22.9 Å². The Balaban J connectivity index is 1.71. The molecule has 31 heavy (non-hydrogen) atoms. The molecule has 6 nitrogen and oxygen atoms in total. The van der Waals surface area contributed by atoms with Gasteiger partial charge in [-0.1, -0.05) is 36.3 Å². The van der Waals surface area contributed by atoms with Crippen LogP contribution in [0.2, 0.25) is 0 Å². The second kappa shape index (κ2) is 8.72. The van der Waals surface area contributed by atoms with E-state index in [1.807, 2.05) is 42.5 Å². The van der Waals surface area contributed by atoms with Gasteiger partial charge in [-0.3, -0.25) is 4.79 Å². The number of hydrogen-bond acceptors (Lipinski definition) is 5. The van der Waals surface area contributed by atoms with Crippen LogP contribution < -0.4 is 5.32 Å². The summed E-state index contributed by atoms with van der Waals surface area (Å²) in [4.78, 5) is 29.6. The zero-order chi connectivity index (χ0) is 21.8. The first kappa shape index (κ1) is 20.2. The quantitative estimate of drug-likeness (QED) is 0.496. The van der Waals surface area contributed by atoms with Crippen molar-refractivity contribution in [3.05, 3.63) is 70.9 Å². The Morgan fingerprint density at radius 1 is 1.16 bits per heavy atom. The van der Waals surface area contributed by atoms with Gasteiger partial charge < -0.3 is 15.2 Å². The zero-order valence-corrected chi connectivity index (χ0v) is 16.7. The molecule has 1 aliphatic rings. The second-order valence-corrected chi connectivity index (χ2v) is 7.15. The number of pyridine rings is 1. The molecule has 0 saturated heterocycles. The van der Waals surface area contributed by atoms with E-state index in [1.54, 1.807) is 12.1 Å². The second-order valence-electron chi connectivity index (χ2n) is 7.15. The van der Waals surface area contributed by atoms with Gasteiger partial charge in [-0.2, -0.15) is 0 Å². The molecule has 0 saturated carbocycles. The van der Waals surface area contributed by atoms with Crippen molar-refractivity contribution in [2.24, 2.45) is 0 Å². The lowest BCUT2D eigenvalue weighted by atomic mass is 10.0. The number of phenols is 1. The van der Waals surface area contributed by atoms with E-state index in [0.717, 1.165) is 28.8 Å². The number of fused-ring (bicyclic) bond motifs is 2. The normalized spacial score (nSPS) is 13.6. The van der Waals surface area contributed by atoms with Crippen molar-refractivity contribution in [3.63, 3.8) is 0 Å². The van der Waals surface area contributed by atoms with Crippen LogP contribution in [0, 0.1) is 12.3 Å². The highest BCUT2D eigenvalue weighted by Gasteiger charge is 2.27. The summed E-state index contributed by atoms with van der Waals surface area (Å²) in [6.07, 6.45) is 8.50. The number of para-hydroxylation sites is 1. The van der Waals surface area contributed by atoms with Gasteiger partial charge in [0, 0.05) is 5.39 Å². The van der Waals surface area contributed by atoms with Crippen molar-refractivity contribution in [2.45, 2.75) is 12.8 Å². The molecule has 2 aromatic carbocycles. The van der Waals surface area contributed by atoms with Gasteiger partial charge in [0.05, 0.1) is 23.3 Å². The minimum atomic E-state index is -0.559. The van der Waals surface area contributed by atoms with E-state index >= 15 is 0 Å². The summed E-state index contributed by atoms with van der Waals surface area (Å²) in [5, 5.41) is 12.7. The molecule has 0 bridgehead atoms. The van der Waals surface area contributed by atoms with E-state index in [1.165, 1.54) is 0 Å². The lowest BCUT2D eigenvalue weighted by Crippen LogP contribution is -2.29. The smallest absolute Gasteiger partial charge is 0.339 e. The van der Waals surface area contributed by atoms with E-state index in [-0.39, 0.29) is 12.3 Å². The Bertz CT molecular complexity index is 1240. The molecule has 6 heteroatoms. The maximum Gasteiger partial charge on any atom is 0.339 e. The highest BCUT2D eigenvalue weighted by atomic mass is 16.5. The molecular formula is C25H20N2O4. The predicted octanol–water partition coefficient (Wildman–Crippen LogP) is 3.33. The topological polar surface area (TPSA) is 88.5 Å². The Morgan fingerprint density at radius 2 is 1.94 bits per heavy atom. The summed E-state index contributed by atoms with van der Waals surface area (Å²) in [5.74, 6) is 1.50. The molecule has 3 aromatic rings. The maximum atomic E-state index is 13.0. The van der Waals surface area contributed by atoms with Gasteiger partial charge in [-0.05, 0) is 53.8 Å². The first-order valence-electron chi connectivity index (χ1n) is 9.85. The molecule has 4 rings (SSSR count). The molecule has 1 aliphatic carbocycles. The zero-order valence-electron chi connectivity index (χ0n) is 16.7. The van der Waals surface area contributed by atoms with Crippen LogP contribution in [0.1, 0.15) is 33.6 Å². The minimum absolute atomic E-state index is 0.0788. The lowest BCUT2D eigenvalue weighted by molar-refractivity contribution is -0.123. The largest absolute Gasteiger partial charge is 0.508 e. The van der Waals surface area contributed by atoms with Gasteiger partial charge in [0.15, 0.2) is 6.61 Å². The average molecular weight is 412 g/mol. The number of esters is 1. The molecule has 1 heterocycles. The van der Waals surface area contributed by atoms with E-state index in [4.69, 9.17) is 16.1 Å². The first-order valence-corrected chi connectivity index (χ1v) is 9.85. The highest BCUT2D eigenvalue weighted by molar-refractivity contribution is 6.07. The molecule has 0 unspecified atom stereocenters. The van der Waals surface area contributed by atoms with Gasteiger partial charge in [0.1, 0.15) is 5.75 Å². The number of phenolic OH excluding ortho intramolecular Hbond substituents is 1. The molecule has 1 amide bonds. The van der Waals surface area contributed by atoms with Crippen molar-refractivity contribution >= 4 is 34.4 Å². The number of hydrogen-bond donors (Lipinski definition) is 2. The van der Waals surface area contributed by atoms with Crippen LogP contribution in [0.3, 0.4) is 0 Å². The third-order valence-corrected chi connectivity index (χ3v) is 5.10. The van der Waals surface area contributed by atoms with Crippen LogP contribution in [0.25, 0.3) is 22.6 Å². The molecule has 2 N–H and O–H groups in total. The van der Waals surface area contributed by atoms with Gasteiger partial charge in [0.2, 0.25) is 0 Å². The monoisotopic (exact) mass is 412 g/mol. The Morgan fingerprint density at radius 3 is 2.71 bits per heavy atom. The number of nitrogens with zero attached hydrogens (tertiary/aromatic N) is 1. The highest BCUT2D eigenvalue weighted by Crippen LogP contribution is 2.37. The third kappa shape index (κ3) is 4.26. The standard InChI is InChI=1S/C25H20N2O4/c1-2-13-26-22(29)15-31-25(30)23-19-5-3-4-6-21(19)27-24-17(9-12-20(23)24)14-16-7-10-18(28)11-8-16/h1,3-8,10-11,14,28H,9,12-13,15H2,(H,26,29)/b17-14+. The molecule has 0 radical (unpaired) electrons. The molecule has 0 atom stereocenters. The van der Waals surface area contributed by atoms with Gasteiger partial charge in [0.25, 0.3) is 5.91 Å². The number of carbonyl (C=O) groups excluding carboxylic acids is 2. The number of aromatic hydroxyl groups is 1. The summed E-state index contributed by atoms with van der Waals surface area (Å²) in [6.45, 7) is -0.322. The number of terminal acetylenes is 1. The van der Waals surface area contributed by atoms with Crippen LogP contribution >= 0.6 is 0 Å². The van der Waals surface area contributed by atoms with Crippen molar-refractivity contribution in [3.8, 4) is 18.1 Å². The number of allylic oxidation sites excluding steroid dienone is 1. The molecule has 0 spiro atoms. The lowest BCUT2D eigenvalue weighted by Gasteiger charge is -2.12. The fourth-order valence-corrected chi connectivity index (χ4v) is 3.69. The summed E-state index contributed by atoms with van der Waals surface area (Å²) in [6, 6.07) is 14.3. The van der Waals surface area contributed by atoms with Crippen LogP contribution in [-0.4, -0.2) is 35.1 Å². The SMILES string of the molecule is C#CCNC(=O)COC(=O)c1c2c(nc3ccccc13)/C(=C/c1ccc(O)cc1)CC2. The summed E-state index contributed by atoms with van der Waals surface area (Å²) in [5.41, 5.74) is 4.65. The van der Waals surface area contributed by atoms with Crippen LogP contribution in [0.15, 0.2) is 48.5 Å². The first-order chi connectivity index (χ1) is 15.1. The Kier molecular flexibility index (Phi) is 5.67. The predicted molar refractivity (Wildman–Crippen MR) is 118 cm³/mol. The Hall–Kier alpha value is -4.11. The fourth-order valence-electron chi connectivity index (χ4n) is 3.69. The van der Waals surface area contributed by atoms with Crippen molar-refractivity contribution < 1.29 is 19.4 Å². The number of aromatic nitrogens is 1. The van der Waals surface area contributed by atoms with Crippen LogP contribution in [-0.2, 0) is 16.0 Å². The fraction of sp³-hybridized carbons (Fsp3) is 0.160. The minimum Gasteiger partial charge on any atom is -0.508 e. The van der Waals surface area contributed by atoms with Crippen LogP contribution in [0.4, 0.5) is 0 Å². The molecule has 154 valence electrons. The number of nitrogens with one attached hydrogen (secondary N) is 1. The molecular weight excluding hydrogens is 392 g/mol.